The second kappa shape index (κ2) is 7.00. The number of likely N-dealkylation sites (N-methyl/N-ethyl adjacent to an activating group) is 1. The van der Waals surface area contributed by atoms with Crippen molar-refractivity contribution in [2.24, 2.45) is 13.0 Å². The Bertz CT molecular complexity index is 773. The summed E-state index contributed by atoms with van der Waals surface area (Å²) in [6.45, 7) is 1.94. The van der Waals surface area contributed by atoms with Gasteiger partial charge in [-0.05, 0) is 31.9 Å². The summed E-state index contributed by atoms with van der Waals surface area (Å²) in [5, 5.41) is 3.80. The number of methoxy groups -OCH3 is 1. The molecule has 1 aromatic carbocycles. The Morgan fingerprint density at radius 1 is 1.27 bits per heavy atom. The summed E-state index contributed by atoms with van der Waals surface area (Å²) in [4.78, 5) is 6.62. The SMILES string of the molecule is COc1ccc(C(N[C@@H]2CN(C)C[C@H]2c2cncn2C)C2CC2)c(F)c1. The van der Waals surface area contributed by atoms with E-state index in [1.807, 2.05) is 31.7 Å². The van der Waals surface area contributed by atoms with Crippen LogP contribution in [0.5, 0.6) is 5.75 Å². The van der Waals surface area contributed by atoms with Gasteiger partial charge in [-0.15, -0.1) is 0 Å². The molecule has 2 aromatic rings. The van der Waals surface area contributed by atoms with Crippen LogP contribution in [-0.2, 0) is 7.05 Å². The molecule has 140 valence electrons. The second-order valence-electron chi connectivity index (χ2n) is 7.73. The Hall–Kier alpha value is -1.92. The van der Waals surface area contributed by atoms with Crippen LogP contribution < -0.4 is 10.1 Å². The van der Waals surface area contributed by atoms with Gasteiger partial charge in [0.05, 0.1) is 13.4 Å². The first kappa shape index (κ1) is 17.5. The van der Waals surface area contributed by atoms with E-state index in [-0.39, 0.29) is 17.9 Å². The molecule has 1 aliphatic carbocycles. The van der Waals surface area contributed by atoms with Gasteiger partial charge < -0.3 is 19.5 Å². The van der Waals surface area contributed by atoms with Crippen molar-refractivity contribution in [1.82, 2.24) is 19.8 Å². The molecule has 1 N–H and O–H groups in total. The molecule has 1 aliphatic heterocycles. The summed E-state index contributed by atoms with van der Waals surface area (Å²) in [7, 11) is 5.75. The van der Waals surface area contributed by atoms with Crippen LogP contribution in [0.2, 0.25) is 0 Å². The van der Waals surface area contributed by atoms with Crippen molar-refractivity contribution in [2.45, 2.75) is 30.8 Å². The third kappa shape index (κ3) is 3.35. The van der Waals surface area contributed by atoms with Gasteiger partial charge >= 0.3 is 0 Å². The van der Waals surface area contributed by atoms with Crippen LogP contribution in [0.1, 0.15) is 36.1 Å². The van der Waals surface area contributed by atoms with Gasteiger partial charge in [-0.2, -0.15) is 0 Å². The zero-order valence-corrected chi connectivity index (χ0v) is 15.7. The van der Waals surface area contributed by atoms with Gasteiger partial charge in [0.1, 0.15) is 11.6 Å². The summed E-state index contributed by atoms with van der Waals surface area (Å²) in [6, 6.07) is 5.55. The average molecular weight is 358 g/mol. The fourth-order valence-corrected chi connectivity index (χ4v) is 4.22. The largest absolute Gasteiger partial charge is 0.497 e. The highest BCUT2D eigenvalue weighted by molar-refractivity contribution is 5.32. The molecule has 0 amide bonds. The first-order valence-electron chi connectivity index (χ1n) is 9.31. The molecule has 1 unspecified atom stereocenters. The van der Waals surface area contributed by atoms with E-state index in [0.29, 0.717) is 17.6 Å². The number of hydrogen-bond donors (Lipinski definition) is 1. The highest BCUT2D eigenvalue weighted by Crippen LogP contribution is 2.43. The first-order chi connectivity index (χ1) is 12.6. The van der Waals surface area contributed by atoms with Crippen LogP contribution in [0.25, 0.3) is 0 Å². The lowest BCUT2D eigenvalue weighted by atomic mass is 9.95. The molecule has 2 heterocycles. The van der Waals surface area contributed by atoms with E-state index in [0.717, 1.165) is 31.5 Å². The number of halogens is 1. The summed E-state index contributed by atoms with van der Waals surface area (Å²) in [5.41, 5.74) is 1.99. The molecule has 0 bridgehead atoms. The molecule has 3 atom stereocenters. The lowest BCUT2D eigenvalue weighted by Crippen LogP contribution is -2.39. The number of rotatable bonds is 6. The van der Waals surface area contributed by atoms with Crippen LogP contribution in [-0.4, -0.2) is 47.7 Å². The minimum absolute atomic E-state index is 0.0492. The van der Waals surface area contributed by atoms with Crippen molar-refractivity contribution >= 4 is 0 Å². The number of aromatic nitrogens is 2. The van der Waals surface area contributed by atoms with Gasteiger partial charge in [0.25, 0.3) is 0 Å². The molecule has 6 heteroatoms. The van der Waals surface area contributed by atoms with Crippen molar-refractivity contribution in [3.8, 4) is 5.75 Å². The third-order valence-electron chi connectivity index (χ3n) is 5.77. The Balaban J connectivity index is 1.59. The smallest absolute Gasteiger partial charge is 0.131 e. The van der Waals surface area contributed by atoms with Crippen LogP contribution in [0, 0.1) is 11.7 Å². The van der Waals surface area contributed by atoms with Gasteiger partial charge in [0.15, 0.2) is 0 Å². The first-order valence-corrected chi connectivity index (χ1v) is 9.31. The maximum Gasteiger partial charge on any atom is 0.131 e. The highest BCUT2D eigenvalue weighted by atomic mass is 19.1. The molecule has 2 fully saturated rings. The predicted molar refractivity (Wildman–Crippen MR) is 98.8 cm³/mol. The Labute approximate surface area is 154 Å². The number of imidazole rings is 1. The molecule has 0 spiro atoms. The summed E-state index contributed by atoms with van der Waals surface area (Å²) in [6.07, 6.45) is 6.12. The number of nitrogens with one attached hydrogen (secondary N) is 1. The lowest BCUT2D eigenvalue weighted by Gasteiger charge is -2.27. The van der Waals surface area contributed by atoms with Crippen molar-refractivity contribution < 1.29 is 9.13 Å². The van der Waals surface area contributed by atoms with Crippen LogP contribution in [0.3, 0.4) is 0 Å². The zero-order valence-electron chi connectivity index (χ0n) is 15.7. The van der Waals surface area contributed by atoms with Crippen molar-refractivity contribution in [1.29, 1.82) is 0 Å². The number of hydrogen-bond acceptors (Lipinski definition) is 4. The lowest BCUT2D eigenvalue weighted by molar-refractivity contribution is 0.359. The summed E-state index contributed by atoms with van der Waals surface area (Å²) < 4.78 is 22.0. The van der Waals surface area contributed by atoms with Gasteiger partial charge in [-0.1, -0.05) is 6.07 Å². The van der Waals surface area contributed by atoms with E-state index in [1.165, 1.54) is 11.8 Å². The van der Waals surface area contributed by atoms with Crippen molar-refractivity contribution in [3.05, 3.63) is 47.8 Å². The van der Waals surface area contributed by atoms with Crippen LogP contribution in [0.15, 0.2) is 30.7 Å². The van der Waals surface area contributed by atoms with E-state index in [1.54, 1.807) is 7.11 Å². The minimum atomic E-state index is -0.183. The highest BCUT2D eigenvalue weighted by Gasteiger charge is 2.40. The fourth-order valence-electron chi connectivity index (χ4n) is 4.22. The third-order valence-corrected chi connectivity index (χ3v) is 5.77. The zero-order chi connectivity index (χ0) is 18.3. The van der Waals surface area contributed by atoms with E-state index in [9.17, 15) is 4.39 Å². The Morgan fingerprint density at radius 2 is 2.08 bits per heavy atom. The molecule has 1 saturated heterocycles. The van der Waals surface area contributed by atoms with Crippen molar-refractivity contribution in [3.63, 3.8) is 0 Å². The molecule has 0 radical (unpaired) electrons. The topological polar surface area (TPSA) is 42.3 Å². The normalized spacial score (nSPS) is 24.8. The molecular weight excluding hydrogens is 331 g/mol. The average Bonchev–Trinajstić information content (AvgIpc) is 3.28. The molecule has 4 rings (SSSR count). The van der Waals surface area contributed by atoms with E-state index in [2.05, 4.69) is 26.8 Å². The van der Waals surface area contributed by atoms with E-state index in [4.69, 9.17) is 4.74 Å². The molecular formula is C20H27FN4O. The number of nitrogens with zero attached hydrogens (tertiary/aromatic N) is 3. The molecule has 1 saturated carbocycles. The Morgan fingerprint density at radius 3 is 2.69 bits per heavy atom. The number of benzene rings is 1. The maximum absolute atomic E-state index is 14.7. The van der Waals surface area contributed by atoms with Gasteiger partial charge in [-0.3, -0.25) is 0 Å². The monoisotopic (exact) mass is 358 g/mol. The quantitative estimate of drug-likeness (QED) is 0.862. The van der Waals surface area contributed by atoms with Crippen LogP contribution in [0.4, 0.5) is 4.39 Å². The summed E-state index contributed by atoms with van der Waals surface area (Å²) >= 11 is 0. The van der Waals surface area contributed by atoms with Crippen LogP contribution >= 0.6 is 0 Å². The molecule has 26 heavy (non-hydrogen) atoms. The summed E-state index contributed by atoms with van der Waals surface area (Å²) in [5.74, 6) is 1.25. The maximum atomic E-state index is 14.7. The van der Waals surface area contributed by atoms with Gasteiger partial charge in [-0.25, -0.2) is 9.37 Å². The van der Waals surface area contributed by atoms with Gasteiger partial charge in [0.2, 0.25) is 0 Å². The van der Waals surface area contributed by atoms with E-state index >= 15 is 0 Å². The molecule has 2 aliphatic rings. The number of aryl methyl sites for hydroxylation is 1. The predicted octanol–water partition coefficient (Wildman–Crippen LogP) is 2.71. The van der Waals surface area contributed by atoms with Gasteiger partial charge in [0, 0.05) is 61.7 Å². The number of likely N-dealkylation sites (tertiary alicyclic amines) is 1. The second-order valence-corrected chi connectivity index (χ2v) is 7.73. The fraction of sp³-hybridized carbons (Fsp3) is 0.550. The number of ether oxygens (including phenoxy) is 1. The minimum Gasteiger partial charge on any atom is -0.497 e. The van der Waals surface area contributed by atoms with Crippen molar-refractivity contribution in [2.75, 3.05) is 27.2 Å². The van der Waals surface area contributed by atoms with E-state index < -0.39 is 0 Å². The standard InChI is InChI=1S/C20H27FN4O/c1-24-10-16(19-9-22-12-25(19)2)18(11-24)23-20(13-4-5-13)15-7-6-14(26-3)8-17(15)21/h6-9,12-13,16,18,20,23H,4-5,10-11H2,1-3H3/t16-,18-,20?/m1/s1. The molecule has 1 aromatic heterocycles. The Kier molecular flexibility index (Phi) is 4.71. The molecule has 5 nitrogen and oxygen atoms in total.